The number of rotatable bonds is 6. The molecule has 0 amide bonds. The van der Waals surface area contributed by atoms with Crippen molar-refractivity contribution in [1.29, 1.82) is 0 Å². The van der Waals surface area contributed by atoms with E-state index in [1.807, 2.05) is 0 Å². The van der Waals surface area contributed by atoms with E-state index in [1.54, 1.807) is 6.20 Å². The molecule has 0 aliphatic heterocycles. The highest BCUT2D eigenvalue weighted by Crippen LogP contribution is 2.40. The minimum absolute atomic E-state index is 0.0801. The largest absolute Gasteiger partial charge is 0.425 e. The Labute approximate surface area is 202 Å². The molecule has 6 heteroatoms. The molecule has 172 valence electrons. The number of hydrogen-bond acceptors (Lipinski definition) is 4. The Morgan fingerprint density at radius 1 is 1.00 bits per heavy atom. The minimum atomic E-state index is -2.61. The van der Waals surface area contributed by atoms with Crippen molar-refractivity contribution >= 4 is 36.3 Å². The molecule has 1 heterocycles. The molecule has 2 aromatic carbocycles. The van der Waals surface area contributed by atoms with Crippen LogP contribution in [-0.2, 0) is 22.1 Å². The van der Waals surface area contributed by atoms with Gasteiger partial charge in [-0.25, -0.2) is 4.98 Å². The van der Waals surface area contributed by atoms with Crippen LogP contribution in [-0.4, -0.2) is 25.9 Å². The topological polar surface area (TPSA) is 48.4 Å². The third-order valence-corrected chi connectivity index (χ3v) is 11.7. The van der Waals surface area contributed by atoms with E-state index < -0.39 is 8.32 Å². The molecule has 1 aliphatic carbocycles. The van der Waals surface area contributed by atoms with Crippen molar-refractivity contribution in [3.63, 3.8) is 0 Å². The number of pyridine rings is 1. The lowest BCUT2D eigenvalue weighted by Crippen LogP contribution is -2.66. The van der Waals surface area contributed by atoms with Crippen molar-refractivity contribution < 1.29 is 14.0 Å². The molecule has 1 aromatic heterocycles. The quantitative estimate of drug-likeness (QED) is 0.285. The Hall–Kier alpha value is -2.47. The van der Waals surface area contributed by atoms with E-state index in [0.717, 1.165) is 24.0 Å². The summed E-state index contributed by atoms with van der Waals surface area (Å²) >= 11 is 6.41. The number of carbonyl (C=O) groups excluding carboxylic acids is 1. The van der Waals surface area contributed by atoms with Crippen molar-refractivity contribution in [1.82, 2.24) is 4.98 Å². The van der Waals surface area contributed by atoms with Crippen molar-refractivity contribution in [2.45, 2.75) is 45.6 Å². The molecule has 1 aliphatic rings. The van der Waals surface area contributed by atoms with Gasteiger partial charge in [0.05, 0.1) is 6.20 Å². The average molecular weight is 480 g/mol. The normalized spacial score (nSPS) is 15.8. The first-order valence-electron chi connectivity index (χ1n) is 11.3. The Kier molecular flexibility index (Phi) is 6.75. The lowest BCUT2D eigenvalue weighted by molar-refractivity contribution is -0.131. The third kappa shape index (κ3) is 4.63. The first-order valence-corrected chi connectivity index (χ1v) is 13.6. The zero-order valence-corrected chi connectivity index (χ0v) is 21.4. The molecule has 0 N–H and O–H groups in total. The molecule has 0 radical (unpaired) electrons. The van der Waals surface area contributed by atoms with E-state index in [4.69, 9.17) is 20.8 Å². The molecule has 0 bridgehead atoms. The average Bonchev–Trinajstić information content (AvgIpc) is 3.22. The standard InChI is InChI=1S/C27H30ClNO3Si/c1-19(30)32-25-17-29-26(28)24-16-20(15-23(24)25)18-31-33(27(2,3)4,21-11-7-5-8-12-21)22-13-9-6-10-14-22/h5-14,17,20H,15-16,18H2,1-4H3. The molecule has 0 saturated heterocycles. The number of carbonyl (C=O) groups is 1. The van der Waals surface area contributed by atoms with Gasteiger partial charge in [0.1, 0.15) is 5.15 Å². The zero-order chi connectivity index (χ0) is 23.6. The van der Waals surface area contributed by atoms with Gasteiger partial charge in [0, 0.05) is 19.1 Å². The second-order valence-electron chi connectivity index (χ2n) is 9.71. The molecule has 4 rings (SSSR count). The molecule has 33 heavy (non-hydrogen) atoms. The van der Waals surface area contributed by atoms with Gasteiger partial charge in [0.25, 0.3) is 8.32 Å². The monoisotopic (exact) mass is 479 g/mol. The highest BCUT2D eigenvalue weighted by molar-refractivity contribution is 6.99. The highest BCUT2D eigenvalue weighted by Gasteiger charge is 2.50. The van der Waals surface area contributed by atoms with Gasteiger partial charge in [0.15, 0.2) is 5.75 Å². The third-order valence-electron chi connectivity index (χ3n) is 6.40. The van der Waals surface area contributed by atoms with Crippen molar-refractivity contribution in [3.05, 3.63) is 83.1 Å². The number of hydrogen-bond donors (Lipinski definition) is 0. The van der Waals surface area contributed by atoms with Crippen LogP contribution in [0.15, 0.2) is 66.9 Å². The van der Waals surface area contributed by atoms with E-state index in [0.29, 0.717) is 17.5 Å². The maximum atomic E-state index is 11.6. The fourth-order valence-corrected chi connectivity index (χ4v) is 9.87. The molecule has 4 nitrogen and oxygen atoms in total. The van der Waals surface area contributed by atoms with Crippen LogP contribution in [0.5, 0.6) is 5.75 Å². The summed E-state index contributed by atoms with van der Waals surface area (Å²) < 4.78 is 12.5. The summed E-state index contributed by atoms with van der Waals surface area (Å²) in [6.07, 6.45) is 3.06. The van der Waals surface area contributed by atoms with Crippen molar-refractivity contribution in [2.24, 2.45) is 5.92 Å². The van der Waals surface area contributed by atoms with Crippen molar-refractivity contribution in [2.75, 3.05) is 6.61 Å². The zero-order valence-electron chi connectivity index (χ0n) is 19.6. The summed E-state index contributed by atoms with van der Waals surface area (Å²) in [6, 6.07) is 21.3. The van der Waals surface area contributed by atoms with Crippen LogP contribution in [0.1, 0.15) is 38.8 Å². The molecule has 1 atom stereocenters. The molecule has 1 unspecified atom stereocenters. The van der Waals surface area contributed by atoms with E-state index in [1.165, 1.54) is 17.3 Å². The summed E-state index contributed by atoms with van der Waals surface area (Å²) in [5.74, 6) is 0.390. The van der Waals surface area contributed by atoms with E-state index in [2.05, 4.69) is 86.4 Å². The second-order valence-corrected chi connectivity index (χ2v) is 14.4. The number of fused-ring (bicyclic) bond motifs is 1. The first-order chi connectivity index (χ1) is 15.7. The number of benzene rings is 2. The van der Waals surface area contributed by atoms with Gasteiger partial charge in [-0.2, -0.15) is 0 Å². The molecule has 0 spiro atoms. The van der Waals surface area contributed by atoms with E-state index in [-0.39, 0.29) is 16.9 Å². The van der Waals surface area contributed by atoms with Crippen LogP contribution in [0, 0.1) is 5.92 Å². The van der Waals surface area contributed by atoms with Gasteiger partial charge in [-0.3, -0.25) is 4.79 Å². The number of nitrogens with zero attached hydrogens (tertiary/aromatic N) is 1. The molecular weight excluding hydrogens is 450 g/mol. The predicted molar refractivity (Wildman–Crippen MR) is 135 cm³/mol. The Morgan fingerprint density at radius 3 is 2.06 bits per heavy atom. The number of halogens is 1. The summed E-state index contributed by atoms with van der Waals surface area (Å²) in [7, 11) is -2.61. The summed E-state index contributed by atoms with van der Waals surface area (Å²) in [5, 5.41) is 2.93. The summed E-state index contributed by atoms with van der Waals surface area (Å²) in [6.45, 7) is 8.84. The fourth-order valence-electron chi connectivity index (χ4n) is 4.99. The molecule has 0 saturated carbocycles. The number of aromatic nitrogens is 1. The smallest absolute Gasteiger partial charge is 0.308 e. The van der Waals surface area contributed by atoms with Gasteiger partial charge in [-0.1, -0.05) is 93.0 Å². The van der Waals surface area contributed by atoms with Crippen molar-refractivity contribution in [3.8, 4) is 5.75 Å². The van der Waals surface area contributed by atoms with Crippen LogP contribution in [0.2, 0.25) is 10.2 Å². The number of esters is 1. The molecule has 0 fully saturated rings. The predicted octanol–water partition coefficient (Wildman–Crippen LogP) is 4.95. The first kappa shape index (κ1) is 23.7. The van der Waals surface area contributed by atoms with Crippen LogP contribution in [0.25, 0.3) is 0 Å². The van der Waals surface area contributed by atoms with Crippen LogP contribution >= 0.6 is 11.6 Å². The SMILES string of the molecule is CC(=O)Oc1cnc(Cl)c2c1CC(CO[Si](c1ccccc1)(c1ccccc1)C(C)(C)C)C2. The van der Waals surface area contributed by atoms with Gasteiger partial charge in [0.2, 0.25) is 0 Å². The number of ether oxygens (including phenoxy) is 1. The van der Waals surface area contributed by atoms with Crippen LogP contribution in [0.4, 0.5) is 0 Å². The second kappa shape index (κ2) is 9.41. The lowest BCUT2D eigenvalue weighted by atomic mass is 10.1. The Balaban J connectivity index is 1.68. The lowest BCUT2D eigenvalue weighted by Gasteiger charge is -2.43. The maximum absolute atomic E-state index is 11.6. The van der Waals surface area contributed by atoms with Crippen LogP contribution < -0.4 is 15.1 Å². The van der Waals surface area contributed by atoms with E-state index >= 15 is 0 Å². The van der Waals surface area contributed by atoms with Gasteiger partial charge in [-0.05, 0) is 39.7 Å². The van der Waals surface area contributed by atoms with Gasteiger partial charge in [-0.15, -0.1) is 0 Å². The van der Waals surface area contributed by atoms with Crippen LogP contribution in [0.3, 0.4) is 0 Å². The Morgan fingerprint density at radius 2 is 1.55 bits per heavy atom. The maximum Gasteiger partial charge on any atom is 0.308 e. The minimum Gasteiger partial charge on any atom is -0.425 e. The summed E-state index contributed by atoms with van der Waals surface area (Å²) in [4.78, 5) is 15.8. The fraction of sp³-hybridized carbons (Fsp3) is 0.333. The van der Waals surface area contributed by atoms with Gasteiger partial charge < -0.3 is 9.16 Å². The Bertz CT molecular complexity index is 1090. The van der Waals surface area contributed by atoms with E-state index in [9.17, 15) is 4.79 Å². The highest BCUT2D eigenvalue weighted by atomic mass is 35.5. The molecule has 3 aromatic rings. The molecular formula is C27H30ClNO3Si. The summed E-state index contributed by atoms with van der Waals surface area (Å²) in [5.41, 5.74) is 1.94. The van der Waals surface area contributed by atoms with Gasteiger partial charge >= 0.3 is 5.97 Å².